The number of carbonyl (C=O) groups is 1. The van der Waals surface area contributed by atoms with Gasteiger partial charge in [-0.3, -0.25) is 4.79 Å². The van der Waals surface area contributed by atoms with E-state index < -0.39 is 11.1 Å². The van der Waals surface area contributed by atoms with E-state index in [1.165, 1.54) is 0 Å². The molecule has 0 radical (unpaired) electrons. The van der Waals surface area contributed by atoms with Gasteiger partial charge in [0, 0.05) is 27.2 Å². The predicted molar refractivity (Wildman–Crippen MR) is 75.0 cm³/mol. The van der Waals surface area contributed by atoms with Crippen molar-refractivity contribution in [3.63, 3.8) is 0 Å². The van der Waals surface area contributed by atoms with Gasteiger partial charge in [-0.15, -0.1) is 0 Å². The average Bonchev–Trinajstić information content (AvgIpc) is 2.28. The van der Waals surface area contributed by atoms with E-state index in [1.54, 1.807) is 34.6 Å². The van der Waals surface area contributed by atoms with E-state index >= 15 is 0 Å². The third-order valence-electron chi connectivity index (χ3n) is 2.80. The molecule has 1 aromatic rings. The molecule has 0 amide bonds. The lowest BCUT2D eigenvalue weighted by atomic mass is 9.94. The second-order valence-corrected chi connectivity index (χ2v) is 6.19. The molecule has 4 heteroatoms. The average molecular weight is 262 g/mol. The fourth-order valence-electron chi connectivity index (χ4n) is 1.43. The van der Waals surface area contributed by atoms with Gasteiger partial charge < -0.3 is 5.21 Å². The van der Waals surface area contributed by atoms with Crippen LogP contribution in [0.15, 0.2) is 35.4 Å². The molecule has 0 N–H and O–H groups in total. The van der Waals surface area contributed by atoms with Crippen LogP contribution in [0.2, 0.25) is 0 Å². The van der Waals surface area contributed by atoms with Crippen LogP contribution < -0.4 is 0 Å². The first-order chi connectivity index (χ1) is 8.63. The highest BCUT2D eigenvalue weighted by atomic mass is 16.5. The number of azo groups is 1. The molecule has 0 saturated carbocycles. The Morgan fingerprint density at radius 3 is 2.16 bits per heavy atom. The van der Waals surface area contributed by atoms with Gasteiger partial charge in [0.1, 0.15) is 0 Å². The van der Waals surface area contributed by atoms with E-state index in [0.717, 1.165) is 5.56 Å². The van der Waals surface area contributed by atoms with Crippen molar-refractivity contribution in [3.8, 4) is 0 Å². The first-order valence-electron chi connectivity index (χ1n) is 6.40. The van der Waals surface area contributed by atoms with Gasteiger partial charge in [0.15, 0.2) is 16.9 Å². The van der Waals surface area contributed by atoms with Gasteiger partial charge >= 0.3 is 0 Å². The Bertz CT molecular complexity index is 471. The monoisotopic (exact) mass is 262 g/mol. The van der Waals surface area contributed by atoms with Gasteiger partial charge in [-0.1, -0.05) is 35.2 Å². The summed E-state index contributed by atoms with van der Waals surface area (Å²) in [5, 5.41) is 15.8. The molecular formula is C15H22N2O2. The van der Waals surface area contributed by atoms with E-state index in [0.29, 0.717) is 4.86 Å². The lowest BCUT2D eigenvalue weighted by Gasteiger charge is -2.21. The zero-order chi connectivity index (χ0) is 14.7. The van der Waals surface area contributed by atoms with Crippen LogP contribution in [0.25, 0.3) is 0 Å². The molecule has 0 bridgehead atoms. The van der Waals surface area contributed by atoms with Crippen LogP contribution in [0.1, 0.15) is 40.2 Å². The number of hydrogen-bond acceptors (Lipinski definition) is 3. The minimum atomic E-state index is -1.01. The minimum absolute atomic E-state index is 0.0659. The van der Waals surface area contributed by atoms with Crippen molar-refractivity contribution in [2.75, 3.05) is 0 Å². The maximum Gasteiger partial charge on any atom is 0.190 e. The molecule has 19 heavy (non-hydrogen) atoms. The van der Waals surface area contributed by atoms with Crippen LogP contribution >= 0.6 is 0 Å². The summed E-state index contributed by atoms with van der Waals surface area (Å²) in [4.78, 5) is 12.9. The predicted octanol–water partition coefficient (Wildman–Crippen LogP) is 3.34. The second-order valence-electron chi connectivity index (χ2n) is 6.19. The zero-order valence-corrected chi connectivity index (χ0v) is 12.3. The quantitative estimate of drug-likeness (QED) is 0.474. The van der Waals surface area contributed by atoms with Crippen LogP contribution in [0.3, 0.4) is 0 Å². The molecule has 0 spiro atoms. The van der Waals surface area contributed by atoms with Crippen LogP contribution in [-0.2, 0) is 11.2 Å². The molecule has 0 aliphatic rings. The van der Waals surface area contributed by atoms with Crippen LogP contribution in [-0.4, -0.2) is 21.7 Å². The van der Waals surface area contributed by atoms with Crippen LogP contribution in [0.4, 0.5) is 0 Å². The van der Waals surface area contributed by atoms with Crippen LogP contribution in [0.5, 0.6) is 0 Å². The largest absolute Gasteiger partial charge is 0.599 e. The van der Waals surface area contributed by atoms with Gasteiger partial charge in [-0.25, -0.2) is 0 Å². The summed E-state index contributed by atoms with van der Waals surface area (Å²) < 4.78 is 0. The number of hydrogen-bond donors (Lipinski definition) is 0. The maximum absolute atomic E-state index is 12.2. The summed E-state index contributed by atoms with van der Waals surface area (Å²) >= 11 is 0. The highest BCUT2D eigenvalue weighted by molar-refractivity contribution is 5.89. The van der Waals surface area contributed by atoms with Gasteiger partial charge in [0.25, 0.3) is 0 Å². The summed E-state index contributed by atoms with van der Waals surface area (Å²) in [5.41, 5.74) is -0.709. The van der Waals surface area contributed by atoms with Crippen molar-refractivity contribution in [1.82, 2.24) is 0 Å². The Labute approximate surface area is 114 Å². The molecular weight excluding hydrogens is 240 g/mol. The third kappa shape index (κ3) is 4.47. The van der Waals surface area contributed by atoms with Gasteiger partial charge in [-0.05, 0) is 24.5 Å². The zero-order valence-electron chi connectivity index (χ0n) is 12.3. The summed E-state index contributed by atoms with van der Waals surface area (Å²) in [6.45, 7) is 8.65. The number of nitrogens with zero attached hydrogens (tertiary/aromatic N) is 2. The Hall–Kier alpha value is -1.71. The molecule has 0 fully saturated rings. The van der Waals surface area contributed by atoms with E-state index in [9.17, 15) is 10.0 Å². The van der Waals surface area contributed by atoms with Crippen molar-refractivity contribution < 1.29 is 9.66 Å². The Morgan fingerprint density at radius 1 is 1.16 bits per heavy atom. The van der Waals surface area contributed by atoms with Crippen LogP contribution in [0, 0.1) is 5.21 Å². The van der Waals surface area contributed by atoms with E-state index in [2.05, 4.69) is 5.11 Å². The molecule has 0 heterocycles. The molecule has 104 valence electrons. The highest BCUT2D eigenvalue weighted by Crippen LogP contribution is 2.17. The smallest absolute Gasteiger partial charge is 0.190 e. The van der Waals surface area contributed by atoms with Gasteiger partial charge in [-0.2, -0.15) is 0 Å². The number of benzene rings is 1. The normalized spacial score (nSPS) is 13.4. The first-order valence-corrected chi connectivity index (χ1v) is 6.40. The SMILES string of the molecule is CC(C)(N=[N+]([O-])C(C)(C)C)C(=O)Cc1ccccc1. The van der Waals surface area contributed by atoms with Crippen molar-refractivity contribution in [2.45, 2.75) is 52.1 Å². The third-order valence-corrected chi connectivity index (χ3v) is 2.80. The van der Waals surface area contributed by atoms with Crippen molar-refractivity contribution >= 4 is 5.78 Å². The Morgan fingerprint density at radius 2 is 1.68 bits per heavy atom. The molecule has 0 aromatic heterocycles. The van der Waals surface area contributed by atoms with Crippen molar-refractivity contribution in [1.29, 1.82) is 0 Å². The summed E-state index contributed by atoms with van der Waals surface area (Å²) in [5.74, 6) is -0.0659. The number of Topliss-reactive ketones (excluding diaryl/α,β-unsaturated/α-hetero) is 1. The fraction of sp³-hybridized carbons (Fsp3) is 0.533. The molecule has 1 aromatic carbocycles. The lowest BCUT2D eigenvalue weighted by Crippen LogP contribution is -2.36. The molecule has 1 rings (SSSR count). The topological polar surface area (TPSA) is 55.5 Å². The molecule has 0 saturated heterocycles. The molecule has 0 aliphatic carbocycles. The van der Waals surface area contributed by atoms with Gasteiger partial charge in [0.05, 0.1) is 0 Å². The minimum Gasteiger partial charge on any atom is -0.599 e. The van der Waals surface area contributed by atoms with E-state index in [1.807, 2.05) is 30.3 Å². The molecule has 0 aliphatic heterocycles. The molecule has 0 atom stereocenters. The van der Waals surface area contributed by atoms with E-state index in [-0.39, 0.29) is 12.2 Å². The second kappa shape index (κ2) is 5.51. The number of hydroxylamine groups is 1. The molecule has 4 nitrogen and oxygen atoms in total. The Balaban J connectivity index is 2.86. The fourth-order valence-corrected chi connectivity index (χ4v) is 1.43. The lowest BCUT2D eigenvalue weighted by molar-refractivity contribution is -0.603. The van der Waals surface area contributed by atoms with Crippen molar-refractivity contribution in [3.05, 3.63) is 41.1 Å². The summed E-state index contributed by atoms with van der Waals surface area (Å²) in [6.07, 6.45) is 0.287. The maximum atomic E-state index is 12.2. The first kappa shape index (κ1) is 15.3. The summed E-state index contributed by atoms with van der Waals surface area (Å²) in [6, 6.07) is 9.48. The van der Waals surface area contributed by atoms with E-state index in [4.69, 9.17) is 0 Å². The highest BCUT2D eigenvalue weighted by Gasteiger charge is 2.33. The Kier molecular flexibility index (Phi) is 4.45. The number of carbonyl (C=O) groups excluding carboxylic acids is 1. The number of ketones is 1. The molecule has 0 unspecified atom stereocenters. The van der Waals surface area contributed by atoms with Gasteiger partial charge in [0.2, 0.25) is 0 Å². The van der Waals surface area contributed by atoms with Crippen molar-refractivity contribution in [2.24, 2.45) is 5.11 Å². The standard InChI is InChI=1S/C15H22N2O2/c1-14(2,3)17(19)16-15(4,5)13(18)11-12-9-7-6-8-10-12/h6-10H,11H2,1-5H3. The number of rotatable bonds is 4. The summed E-state index contributed by atoms with van der Waals surface area (Å²) in [7, 11) is 0.